The quantitative estimate of drug-likeness (QED) is 0.201. The van der Waals surface area contributed by atoms with E-state index in [1.807, 2.05) is 6.07 Å². The molecule has 0 saturated carbocycles. The average Bonchev–Trinajstić information content (AvgIpc) is 2.93. The molecule has 1 saturated heterocycles. The van der Waals surface area contributed by atoms with Crippen molar-refractivity contribution < 1.29 is 9.84 Å². The molecule has 1 N–H and O–H groups in total. The van der Waals surface area contributed by atoms with Crippen LogP contribution in [0.15, 0.2) is 121 Å². The van der Waals surface area contributed by atoms with E-state index in [1.165, 1.54) is 22.3 Å². The fourth-order valence-corrected chi connectivity index (χ4v) is 11.2. The van der Waals surface area contributed by atoms with Gasteiger partial charge in [0.25, 0.3) is 0 Å². The van der Waals surface area contributed by atoms with Gasteiger partial charge in [-0.05, 0) is 41.1 Å². The number of aliphatic hydroxyl groups excluding tert-OH is 1. The highest BCUT2D eigenvalue weighted by Gasteiger charge is 2.51. The van der Waals surface area contributed by atoms with Gasteiger partial charge in [-0.3, -0.25) is 0 Å². The maximum Gasteiger partial charge on any atom is 0.0724 e. The summed E-state index contributed by atoms with van der Waals surface area (Å²) in [4.78, 5) is 0. The van der Waals surface area contributed by atoms with Crippen LogP contribution in [0.3, 0.4) is 0 Å². The van der Waals surface area contributed by atoms with Crippen LogP contribution in [0.5, 0.6) is 0 Å². The van der Waals surface area contributed by atoms with Crippen molar-refractivity contribution in [3.63, 3.8) is 0 Å². The van der Waals surface area contributed by atoms with Crippen LogP contribution in [0.2, 0.25) is 19.1 Å². The number of hydrogen-bond acceptors (Lipinski definition) is 2. The molecule has 0 aliphatic carbocycles. The highest BCUT2D eigenvalue weighted by atomic mass is 28.3. The molecule has 2 nitrogen and oxygen atoms in total. The summed E-state index contributed by atoms with van der Waals surface area (Å²) >= 11 is 0. The third kappa shape index (κ3) is 5.22. The van der Waals surface area contributed by atoms with Crippen molar-refractivity contribution in [3.05, 3.63) is 144 Å². The number of hydrogen-bond donors (Lipinski definition) is 1. The summed E-state index contributed by atoms with van der Waals surface area (Å²) in [5.41, 5.74) is 5.27. The van der Waals surface area contributed by atoms with Gasteiger partial charge in [0, 0.05) is 11.0 Å². The van der Waals surface area contributed by atoms with Crippen molar-refractivity contribution in [1.82, 2.24) is 0 Å². The van der Waals surface area contributed by atoms with Crippen LogP contribution in [-0.4, -0.2) is 32.0 Å². The second-order valence-corrected chi connectivity index (χ2v) is 16.1. The highest BCUT2D eigenvalue weighted by Crippen LogP contribution is 2.49. The van der Waals surface area contributed by atoms with E-state index in [0.717, 1.165) is 12.5 Å². The van der Waals surface area contributed by atoms with Crippen LogP contribution in [0.4, 0.5) is 0 Å². The van der Waals surface area contributed by atoms with Gasteiger partial charge in [0.1, 0.15) is 0 Å². The minimum absolute atomic E-state index is 0.0548. The fourth-order valence-electron chi connectivity index (χ4n) is 6.61. The second kappa shape index (κ2) is 11.2. The molecular formula is C34H38O2Si. The van der Waals surface area contributed by atoms with Crippen molar-refractivity contribution in [2.24, 2.45) is 5.92 Å². The van der Waals surface area contributed by atoms with Gasteiger partial charge in [0.2, 0.25) is 0 Å². The standard InChI is InChI=1S/C34H38O2Si/c1-37(2,26-32-24-33(35)28(25-36-32)23-27-15-7-3-8-16-27)34(29-17-9-4-10-18-29,30-19-11-5-12-20-30)31-21-13-6-14-22-31/h3-22,28,32-33,35H,23-26H2,1-2H3/t28-,32+,33+/m0/s1. The number of benzene rings is 4. The monoisotopic (exact) mass is 506 g/mol. The smallest absolute Gasteiger partial charge is 0.0724 e. The van der Waals surface area contributed by atoms with Crippen molar-refractivity contribution in [3.8, 4) is 0 Å². The lowest BCUT2D eigenvalue weighted by Gasteiger charge is -2.49. The Morgan fingerprint density at radius 2 is 1.14 bits per heavy atom. The van der Waals surface area contributed by atoms with Gasteiger partial charge in [0.15, 0.2) is 0 Å². The third-order valence-corrected chi connectivity index (χ3v) is 12.7. The Hall–Kier alpha value is -2.98. The van der Waals surface area contributed by atoms with Crippen molar-refractivity contribution in [2.45, 2.75) is 49.2 Å². The summed E-state index contributed by atoms with van der Waals surface area (Å²) in [6, 6.07) is 44.5. The van der Waals surface area contributed by atoms with Gasteiger partial charge in [-0.15, -0.1) is 0 Å². The molecule has 4 aromatic carbocycles. The lowest BCUT2D eigenvalue weighted by Crippen LogP contribution is -2.56. The van der Waals surface area contributed by atoms with Gasteiger partial charge in [0.05, 0.1) is 26.9 Å². The fraction of sp³-hybridized carbons (Fsp3) is 0.294. The molecule has 190 valence electrons. The van der Waals surface area contributed by atoms with Gasteiger partial charge < -0.3 is 9.84 Å². The van der Waals surface area contributed by atoms with E-state index >= 15 is 0 Å². The van der Waals surface area contributed by atoms with E-state index in [-0.39, 0.29) is 23.2 Å². The maximum atomic E-state index is 11.2. The van der Waals surface area contributed by atoms with Crippen molar-refractivity contribution >= 4 is 8.07 Å². The summed E-state index contributed by atoms with van der Waals surface area (Å²) in [7, 11) is -2.15. The average molecular weight is 507 g/mol. The van der Waals surface area contributed by atoms with Gasteiger partial charge in [-0.25, -0.2) is 0 Å². The molecule has 3 atom stereocenters. The highest BCUT2D eigenvalue weighted by molar-refractivity contribution is 6.82. The largest absolute Gasteiger partial charge is 0.393 e. The molecule has 0 radical (unpaired) electrons. The molecule has 1 aliphatic heterocycles. The molecule has 0 unspecified atom stereocenters. The Bertz CT molecular complexity index is 1150. The molecule has 1 fully saturated rings. The third-order valence-electron chi connectivity index (χ3n) is 8.31. The van der Waals surface area contributed by atoms with E-state index in [2.05, 4.69) is 128 Å². The van der Waals surface area contributed by atoms with Crippen LogP contribution < -0.4 is 0 Å². The van der Waals surface area contributed by atoms with Crippen molar-refractivity contribution in [1.29, 1.82) is 0 Å². The molecule has 0 bridgehead atoms. The van der Waals surface area contributed by atoms with Crippen LogP contribution in [0.1, 0.15) is 28.7 Å². The molecule has 0 aromatic heterocycles. The topological polar surface area (TPSA) is 29.5 Å². The lowest BCUT2D eigenvalue weighted by atomic mass is 9.83. The van der Waals surface area contributed by atoms with E-state index in [1.54, 1.807) is 0 Å². The second-order valence-electron chi connectivity index (χ2n) is 11.1. The molecule has 1 heterocycles. The molecule has 3 heteroatoms. The Kier molecular flexibility index (Phi) is 7.75. The maximum absolute atomic E-state index is 11.2. The van der Waals surface area contributed by atoms with Gasteiger partial charge in [-0.2, -0.15) is 0 Å². The van der Waals surface area contributed by atoms with Crippen molar-refractivity contribution in [2.75, 3.05) is 6.61 Å². The zero-order chi connectivity index (χ0) is 25.7. The molecule has 5 rings (SSSR count). The SMILES string of the molecule is C[Si](C)(C[C@H]1C[C@@H](O)[C@@H](Cc2ccccc2)CO1)C(c1ccccc1)(c1ccccc1)c1ccccc1. The zero-order valence-corrected chi connectivity index (χ0v) is 23.0. The first-order valence-corrected chi connectivity index (χ1v) is 16.7. The van der Waals surface area contributed by atoms with E-state index in [4.69, 9.17) is 4.74 Å². The number of aliphatic hydroxyl groups is 1. The Morgan fingerprint density at radius 3 is 1.57 bits per heavy atom. The van der Waals surface area contributed by atoms with Gasteiger partial charge >= 0.3 is 0 Å². The first-order valence-electron chi connectivity index (χ1n) is 13.5. The summed E-state index contributed by atoms with van der Waals surface area (Å²) in [6.07, 6.45) is 1.27. The van der Waals surface area contributed by atoms with E-state index in [0.29, 0.717) is 13.0 Å². The van der Waals surface area contributed by atoms with E-state index < -0.39 is 8.07 Å². The first kappa shape index (κ1) is 25.7. The summed E-state index contributed by atoms with van der Waals surface area (Å²) in [5, 5.41) is 10.9. The summed E-state index contributed by atoms with van der Waals surface area (Å²) in [5.74, 6) is 0.144. The zero-order valence-electron chi connectivity index (χ0n) is 22.0. The Balaban J connectivity index is 1.49. The molecule has 0 spiro atoms. The predicted molar refractivity (Wildman–Crippen MR) is 155 cm³/mol. The summed E-state index contributed by atoms with van der Waals surface area (Å²) in [6.45, 7) is 5.62. The van der Waals surface area contributed by atoms with E-state index in [9.17, 15) is 5.11 Å². The van der Waals surface area contributed by atoms with Crippen LogP contribution >= 0.6 is 0 Å². The first-order chi connectivity index (χ1) is 18.0. The van der Waals surface area contributed by atoms with Crippen LogP contribution in [0.25, 0.3) is 0 Å². The Labute approximate surface area is 223 Å². The minimum Gasteiger partial charge on any atom is -0.393 e. The molecule has 4 aromatic rings. The number of ether oxygens (including phenoxy) is 1. The lowest BCUT2D eigenvalue weighted by molar-refractivity contribution is -0.0756. The molecule has 37 heavy (non-hydrogen) atoms. The van der Waals surface area contributed by atoms with Crippen LogP contribution in [0, 0.1) is 5.92 Å². The molecule has 1 aliphatic rings. The van der Waals surface area contributed by atoms with Gasteiger partial charge in [-0.1, -0.05) is 134 Å². The minimum atomic E-state index is -2.15. The normalized spacial score (nSPS) is 20.5. The molecular weight excluding hydrogens is 468 g/mol. The predicted octanol–water partition coefficient (Wildman–Crippen LogP) is 7.28. The Morgan fingerprint density at radius 1 is 0.703 bits per heavy atom. The number of rotatable bonds is 8. The van der Waals surface area contributed by atoms with Crippen LogP contribution in [-0.2, 0) is 16.2 Å². The molecule has 0 amide bonds. The summed E-state index contributed by atoms with van der Waals surface area (Å²) < 4.78 is 6.55.